The van der Waals surface area contributed by atoms with Gasteiger partial charge in [0.2, 0.25) is 0 Å². The largest absolute Gasteiger partial charge is 0.359 e. The topological polar surface area (TPSA) is 59.2 Å². The Bertz CT molecular complexity index is 609. The number of likely N-dealkylation sites (tertiary alicyclic amines) is 1. The SMILES string of the molecule is Cc1cc([C@H]2CCCCCN2C(=O)c2ccncc2)on1. The maximum Gasteiger partial charge on any atom is 0.254 e. The van der Waals surface area contributed by atoms with Gasteiger partial charge in [-0.15, -0.1) is 0 Å². The third kappa shape index (κ3) is 2.96. The number of carbonyl (C=O) groups is 1. The van der Waals surface area contributed by atoms with E-state index in [1.807, 2.05) is 17.9 Å². The number of pyridine rings is 1. The number of amides is 1. The second-order valence-corrected chi connectivity index (χ2v) is 5.47. The first-order chi connectivity index (χ1) is 10.3. The number of aromatic nitrogens is 2. The van der Waals surface area contributed by atoms with Crippen LogP contribution in [-0.4, -0.2) is 27.5 Å². The van der Waals surface area contributed by atoms with Crippen molar-refractivity contribution in [3.05, 3.63) is 47.6 Å². The van der Waals surface area contributed by atoms with E-state index in [1.165, 1.54) is 0 Å². The first kappa shape index (κ1) is 13.8. The van der Waals surface area contributed by atoms with Crippen LogP contribution in [0.1, 0.15) is 53.5 Å². The van der Waals surface area contributed by atoms with E-state index in [0.717, 1.165) is 43.7 Å². The van der Waals surface area contributed by atoms with Gasteiger partial charge in [-0.2, -0.15) is 0 Å². The molecule has 5 heteroatoms. The van der Waals surface area contributed by atoms with Gasteiger partial charge in [-0.3, -0.25) is 9.78 Å². The normalized spacial score (nSPS) is 19.3. The predicted octanol–water partition coefficient (Wildman–Crippen LogP) is 3.14. The standard InChI is InChI=1S/C16H19N3O2/c1-12-11-15(21-18-12)14-5-3-2-4-10-19(14)16(20)13-6-8-17-9-7-13/h6-9,11,14H,2-5,10H2,1H3/t14-/m1/s1. The molecule has 0 unspecified atom stereocenters. The molecule has 3 rings (SSSR count). The van der Waals surface area contributed by atoms with Gasteiger partial charge in [-0.25, -0.2) is 0 Å². The molecule has 2 aromatic rings. The van der Waals surface area contributed by atoms with Crippen molar-refractivity contribution in [3.63, 3.8) is 0 Å². The lowest BCUT2D eigenvalue weighted by molar-refractivity contribution is 0.0651. The average Bonchev–Trinajstić information content (AvgIpc) is 2.80. The van der Waals surface area contributed by atoms with Crippen molar-refractivity contribution in [2.75, 3.05) is 6.54 Å². The highest BCUT2D eigenvalue weighted by atomic mass is 16.5. The maximum atomic E-state index is 12.8. The molecule has 5 nitrogen and oxygen atoms in total. The van der Waals surface area contributed by atoms with Gasteiger partial charge in [0.15, 0.2) is 5.76 Å². The van der Waals surface area contributed by atoms with Crippen molar-refractivity contribution in [1.82, 2.24) is 15.0 Å². The Hall–Kier alpha value is -2.17. The Balaban J connectivity index is 1.90. The molecular weight excluding hydrogens is 266 g/mol. The molecular formula is C16H19N3O2. The smallest absolute Gasteiger partial charge is 0.254 e. The summed E-state index contributed by atoms with van der Waals surface area (Å²) in [5, 5.41) is 3.97. The Labute approximate surface area is 124 Å². The van der Waals surface area contributed by atoms with Crippen LogP contribution in [0.15, 0.2) is 35.1 Å². The van der Waals surface area contributed by atoms with Crippen molar-refractivity contribution in [3.8, 4) is 0 Å². The lowest BCUT2D eigenvalue weighted by atomic mass is 10.1. The van der Waals surface area contributed by atoms with Gasteiger partial charge in [0, 0.05) is 30.6 Å². The average molecular weight is 285 g/mol. The van der Waals surface area contributed by atoms with Crippen LogP contribution in [0.3, 0.4) is 0 Å². The highest BCUT2D eigenvalue weighted by Crippen LogP contribution is 2.31. The second-order valence-electron chi connectivity index (χ2n) is 5.47. The second kappa shape index (κ2) is 6.08. The van der Waals surface area contributed by atoms with E-state index in [-0.39, 0.29) is 11.9 Å². The third-order valence-corrected chi connectivity index (χ3v) is 3.92. The summed E-state index contributed by atoms with van der Waals surface area (Å²) >= 11 is 0. The van der Waals surface area contributed by atoms with Crippen molar-refractivity contribution < 1.29 is 9.32 Å². The van der Waals surface area contributed by atoms with Gasteiger partial charge in [0.05, 0.1) is 11.7 Å². The van der Waals surface area contributed by atoms with Crippen LogP contribution in [0.4, 0.5) is 0 Å². The molecule has 21 heavy (non-hydrogen) atoms. The lowest BCUT2D eigenvalue weighted by Gasteiger charge is -2.28. The minimum atomic E-state index is -0.0191. The molecule has 0 saturated carbocycles. The third-order valence-electron chi connectivity index (χ3n) is 3.92. The molecule has 0 spiro atoms. The summed E-state index contributed by atoms with van der Waals surface area (Å²) in [5.41, 5.74) is 1.53. The fourth-order valence-electron chi connectivity index (χ4n) is 2.85. The van der Waals surface area contributed by atoms with Crippen molar-refractivity contribution >= 4 is 5.91 Å². The molecule has 0 radical (unpaired) electrons. The van der Waals surface area contributed by atoms with Crippen LogP contribution in [0.25, 0.3) is 0 Å². The van der Waals surface area contributed by atoms with Crippen molar-refractivity contribution in [1.29, 1.82) is 0 Å². The zero-order chi connectivity index (χ0) is 14.7. The zero-order valence-corrected chi connectivity index (χ0v) is 12.2. The molecule has 1 fully saturated rings. The Morgan fingerprint density at radius 3 is 2.81 bits per heavy atom. The zero-order valence-electron chi connectivity index (χ0n) is 12.2. The minimum Gasteiger partial charge on any atom is -0.359 e. The Kier molecular flexibility index (Phi) is 3.99. The summed E-state index contributed by atoms with van der Waals surface area (Å²) in [5.74, 6) is 0.829. The first-order valence-electron chi connectivity index (χ1n) is 7.40. The van der Waals surface area contributed by atoms with Crippen LogP contribution >= 0.6 is 0 Å². The van der Waals surface area contributed by atoms with E-state index in [9.17, 15) is 4.79 Å². The molecule has 1 atom stereocenters. The molecule has 1 aliphatic heterocycles. The fraction of sp³-hybridized carbons (Fsp3) is 0.438. The summed E-state index contributed by atoms with van der Waals surface area (Å²) in [6, 6.07) is 5.43. The van der Waals surface area contributed by atoms with E-state index >= 15 is 0 Å². The van der Waals surface area contributed by atoms with Gasteiger partial charge in [0.1, 0.15) is 0 Å². The minimum absolute atomic E-state index is 0.0191. The number of hydrogen-bond donors (Lipinski definition) is 0. The number of rotatable bonds is 2. The van der Waals surface area contributed by atoms with Crippen LogP contribution in [0, 0.1) is 6.92 Å². The van der Waals surface area contributed by atoms with E-state index in [4.69, 9.17) is 4.52 Å². The molecule has 0 aromatic carbocycles. The molecule has 1 saturated heterocycles. The van der Waals surface area contributed by atoms with Gasteiger partial charge in [-0.05, 0) is 31.9 Å². The van der Waals surface area contributed by atoms with Gasteiger partial charge in [-0.1, -0.05) is 18.0 Å². The first-order valence-corrected chi connectivity index (χ1v) is 7.40. The van der Waals surface area contributed by atoms with Gasteiger partial charge >= 0.3 is 0 Å². The monoisotopic (exact) mass is 285 g/mol. The summed E-state index contributed by atoms with van der Waals surface area (Å²) < 4.78 is 5.42. The summed E-state index contributed by atoms with van der Waals surface area (Å²) in [6.07, 6.45) is 7.50. The van der Waals surface area contributed by atoms with Crippen LogP contribution in [-0.2, 0) is 0 Å². The molecule has 2 aromatic heterocycles. The number of nitrogens with zero attached hydrogens (tertiary/aromatic N) is 3. The highest BCUT2D eigenvalue weighted by molar-refractivity contribution is 5.94. The lowest BCUT2D eigenvalue weighted by Crippen LogP contribution is -2.34. The highest BCUT2D eigenvalue weighted by Gasteiger charge is 2.30. The number of carbonyl (C=O) groups excluding carboxylic acids is 1. The quantitative estimate of drug-likeness (QED) is 0.850. The number of aryl methyl sites for hydroxylation is 1. The molecule has 1 aliphatic rings. The van der Waals surface area contributed by atoms with Crippen molar-refractivity contribution in [2.45, 2.75) is 38.6 Å². The molecule has 0 bridgehead atoms. The van der Waals surface area contributed by atoms with E-state index < -0.39 is 0 Å². The van der Waals surface area contributed by atoms with E-state index in [0.29, 0.717) is 5.56 Å². The fourth-order valence-corrected chi connectivity index (χ4v) is 2.85. The van der Waals surface area contributed by atoms with Crippen molar-refractivity contribution in [2.24, 2.45) is 0 Å². The molecule has 3 heterocycles. The Morgan fingerprint density at radius 1 is 1.29 bits per heavy atom. The Morgan fingerprint density at radius 2 is 2.10 bits per heavy atom. The number of hydrogen-bond acceptors (Lipinski definition) is 4. The van der Waals surface area contributed by atoms with Gasteiger partial charge in [0.25, 0.3) is 5.91 Å². The molecule has 0 aliphatic carbocycles. The van der Waals surface area contributed by atoms with Crippen LogP contribution in [0.5, 0.6) is 0 Å². The summed E-state index contributed by atoms with van der Waals surface area (Å²) in [4.78, 5) is 18.7. The summed E-state index contributed by atoms with van der Waals surface area (Å²) in [6.45, 7) is 2.66. The molecule has 0 N–H and O–H groups in total. The van der Waals surface area contributed by atoms with Gasteiger partial charge < -0.3 is 9.42 Å². The van der Waals surface area contributed by atoms with E-state index in [2.05, 4.69) is 10.1 Å². The maximum absolute atomic E-state index is 12.8. The molecule has 1 amide bonds. The van der Waals surface area contributed by atoms with Crippen LogP contribution in [0.2, 0.25) is 0 Å². The summed E-state index contributed by atoms with van der Waals surface area (Å²) in [7, 11) is 0. The van der Waals surface area contributed by atoms with Crippen LogP contribution < -0.4 is 0 Å². The molecule has 110 valence electrons. The van der Waals surface area contributed by atoms with E-state index in [1.54, 1.807) is 24.5 Å². The predicted molar refractivity (Wildman–Crippen MR) is 77.7 cm³/mol.